The van der Waals surface area contributed by atoms with E-state index in [0.29, 0.717) is 28.5 Å². The first kappa shape index (κ1) is 19.8. The Morgan fingerprint density at radius 1 is 1.08 bits per heavy atom. The summed E-state index contributed by atoms with van der Waals surface area (Å²) in [6.45, 7) is 5.91. The van der Waals surface area contributed by atoms with Crippen LogP contribution in [-0.4, -0.2) is 32.7 Å². The van der Waals surface area contributed by atoms with E-state index in [2.05, 4.69) is 5.32 Å². The lowest BCUT2D eigenvalue weighted by atomic mass is 10.1. The van der Waals surface area contributed by atoms with Crippen molar-refractivity contribution in [3.63, 3.8) is 0 Å². The van der Waals surface area contributed by atoms with Crippen molar-refractivity contribution in [2.45, 2.75) is 27.2 Å². The van der Waals surface area contributed by atoms with Crippen LogP contribution in [0, 0.1) is 6.92 Å². The summed E-state index contributed by atoms with van der Waals surface area (Å²) in [6, 6.07) is 5.10. The largest absolute Gasteiger partial charge is 0.496 e. The van der Waals surface area contributed by atoms with Crippen molar-refractivity contribution in [3.05, 3.63) is 39.8 Å². The Balaban J connectivity index is 2.46. The van der Waals surface area contributed by atoms with E-state index in [1.165, 1.54) is 25.6 Å². The van der Waals surface area contributed by atoms with Crippen molar-refractivity contribution < 1.29 is 23.8 Å². The van der Waals surface area contributed by atoms with Crippen LogP contribution < -0.4 is 14.8 Å². The summed E-state index contributed by atoms with van der Waals surface area (Å²) in [4.78, 5) is 26.3. The number of thiophene rings is 1. The molecule has 140 valence electrons. The van der Waals surface area contributed by atoms with E-state index >= 15 is 0 Å². The van der Waals surface area contributed by atoms with Crippen LogP contribution in [0.3, 0.4) is 0 Å². The standard InChI is InChI=1S/C19H23NO5S/c1-6-12-11(3)26-18(15(12)19(22)25-7-2)20-17(21)16-13(23-4)9-8-10-14(16)24-5/h8-10H,6-7H2,1-5H3,(H,20,21). The molecule has 0 saturated heterocycles. The number of hydrogen-bond acceptors (Lipinski definition) is 6. The fourth-order valence-electron chi connectivity index (χ4n) is 2.75. The van der Waals surface area contributed by atoms with Gasteiger partial charge in [0.2, 0.25) is 0 Å². The maximum atomic E-state index is 12.9. The zero-order valence-corrected chi connectivity index (χ0v) is 16.4. The van der Waals surface area contributed by atoms with Crippen molar-refractivity contribution in [3.8, 4) is 11.5 Å². The molecule has 0 bridgehead atoms. The minimum absolute atomic E-state index is 0.268. The molecule has 0 fully saturated rings. The second-order valence-corrected chi connectivity index (χ2v) is 6.63. The fourth-order valence-corrected chi connectivity index (χ4v) is 3.88. The van der Waals surface area contributed by atoms with Gasteiger partial charge in [0, 0.05) is 4.88 Å². The molecule has 0 spiro atoms. The van der Waals surface area contributed by atoms with Gasteiger partial charge in [-0.2, -0.15) is 0 Å². The molecule has 0 aliphatic carbocycles. The number of nitrogens with one attached hydrogen (secondary N) is 1. The number of ether oxygens (including phenoxy) is 3. The van der Waals surface area contributed by atoms with Gasteiger partial charge in [0.15, 0.2) is 0 Å². The molecule has 0 radical (unpaired) electrons. The second-order valence-electron chi connectivity index (χ2n) is 5.41. The Morgan fingerprint density at radius 2 is 1.69 bits per heavy atom. The smallest absolute Gasteiger partial charge is 0.341 e. The van der Waals surface area contributed by atoms with Gasteiger partial charge >= 0.3 is 5.97 Å². The zero-order valence-electron chi connectivity index (χ0n) is 15.6. The number of amides is 1. The first-order valence-corrected chi connectivity index (χ1v) is 9.11. The van der Waals surface area contributed by atoms with Crippen molar-refractivity contribution in [2.24, 2.45) is 0 Å². The summed E-state index contributed by atoms with van der Waals surface area (Å²) in [5, 5.41) is 3.30. The highest BCUT2D eigenvalue weighted by Crippen LogP contribution is 2.36. The Hall–Kier alpha value is -2.54. The second kappa shape index (κ2) is 8.71. The van der Waals surface area contributed by atoms with Crippen LogP contribution in [0.1, 0.15) is 45.0 Å². The zero-order chi connectivity index (χ0) is 19.3. The number of benzene rings is 1. The Morgan fingerprint density at radius 3 is 2.19 bits per heavy atom. The molecule has 7 heteroatoms. The van der Waals surface area contributed by atoms with Gasteiger partial charge in [-0.15, -0.1) is 11.3 Å². The first-order chi connectivity index (χ1) is 12.5. The van der Waals surface area contributed by atoms with E-state index in [1.807, 2.05) is 13.8 Å². The predicted molar refractivity (Wildman–Crippen MR) is 102 cm³/mol. The molecule has 2 aromatic rings. The fraction of sp³-hybridized carbons (Fsp3) is 0.368. The van der Waals surface area contributed by atoms with Crippen LogP contribution in [0.15, 0.2) is 18.2 Å². The maximum absolute atomic E-state index is 12.9. The van der Waals surface area contributed by atoms with Crippen molar-refractivity contribution in [1.29, 1.82) is 0 Å². The van der Waals surface area contributed by atoms with E-state index in [0.717, 1.165) is 10.4 Å². The Kier molecular flexibility index (Phi) is 6.63. The Bertz CT molecular complexity index is 790. The highest BCUT2D eigenvalue weighted by molar-refractivity contribution is 7.16. The molecular formula is C19H23NO5S. The number of carbonyl (C=O) groups excluding carboxylic acids is 2. The number of esters is 1. The van der Waals surface area contributed by atoms with Crippen molar-refractivity contribution >= 4 is 28.2 Å². The molecule has 1 aromatic carbocycles. The molecule has 1 amide bonds. The van der Waals surface area contributed by atoms with Gasteiger partial charge in [-0.25, -0.2) is 4.79 Å². The van der Waals surface area contributed by atoms with Gasteiger partial charge in [0.25, 0.3) is 5.91 Å². The quantitative estimate of drug-likeness (QED) is 0.737. The van der Waals surface area contributed by atoms with E-state index in [-0.39, 0.29) is 12.2 Å². The summed E-state index contributed by atoms with van der Waals surface area (Å²) < 4.78 is 15.7. The van der Waals surface area contributed by atoms with Crippen LogP contribution in [-0.2, 0) is 11.2 Å². The van der Waals surface area contributed by atoms with Gasteiger partial charge in [-0.1, -0.05) is 13.0 Å². The topological polar surface area (TPSA) is 73.9 Å². The van der Waals surface area contributed by atoms with E-state index in [4.69, 9.17) is 14.2 Å². The first-order valence-electron chi connectivity index (χ1n) is 8.30. The van der Waals surface area contributed by atoms with Gasteiger partial charge in [-0.3, -0.25) is 4.79 Å². The van der Waals surface area contributed by atoms with Gasteiger partial charge in [0.05, 0.1) is 26.4 Å². The summed E-state index contributed by atoms with van der Waals surface area (Å²) in [5.74, 6) is -0.0585. The van der Waals surface area contributed by atoms with Gasteiger partial charge in [-0.05, 0) is 38.0 Å². The minimum Gasteiger partial charge on any atom is -0.496 e. The highest BCUT2D eigenvalue weighted by atomic mass is 32.1. The van der Waals surface area contributed by atoms with Crippen LogP contribution in [0.25, 0.3) is 0 Å². The number of aryl methyl sites for hydroxylation is 1. The molecule has 26 heavy (non-hydrogen) atoms. The van der Waals surface area contributed by atoms with E-state index in [1.54, 1.807) is 25.1 Å². The van der Waals surface area contributed by atoms with Crippen LogP contribution in [0.4, 0.5) is 5.00 Å². The lowest BCUT2D eigenvalue weighted by Gasteiger charge is -2.13. The van der Waals surface area contributed by atoms with Crippen LogP contribution in [0.2, 0.25) is 0 Å². The summed E-state index contributed by atoms with van der Waals surface area (Å²) >= 11 is 1.36. The number of rotatable bonds is 7. The third-order valence-corrected chi connectivity index (χ3v) is 4.99. The molecule has 0 unspecified atom stereocenters. The van der Waals surface area contributed by atoms with E-state index in [9.17, 15) is 9.59 Å². The molecule has 6 nitrogen and oxygen atoms in total. The predicted octanol–water partition coefficient (Wildman–Crippen LogP) is 4.07. The third-order valence-electron chi connectivity index (χ3n) is 3.92. The number of anilines is 1. The van der Waals surface area contributed by atoms with E-state index < -0.39 is 11.9 Å². The van der Waals surface area contributed by atoms with Gasteiger partial charge < -0.3 is 19.5 Å². The molecule has 1 aromatic heterocycles. The maximum Gasteiger partial charge on any atom is 0.341 e. The number of methoxy groups -OCH3 is 2. The lowest BCUT2D eigenvalue weighted by Crippen LogP contribution is -2.17. The van der Waals surface area contributed by atoms with Crippen molar-refractivity contribution in [2.75, 3.05) is 26.1 Å². The minimum atomic E-state index is -0.434. The molecule has 1 N–H and O–H groups in total. The van der Waals surface area contributed by atoms with Gasteiger partial charge in [0.1, 0.15) is 22.1 Å². The highest BCUT2D eigenvalue weighted by Gasteiger charge is 2.26. The number of carbonyl (C=O) groups is 2. The molecule has 1 heterocycles. The SMILES string of the molecule is CCOC(=O)c1c(NC(=O)c2c(OC)cccc2OC)sc(C)c1CC. The average Bonchev–Trinajstić information content (AvgIpc) is 2.95. The molecule has 0 atom stereocenters. The third kappa shape index (κ3) is 3.83. The van der Waals surface area contributed by atoms with Crippen LogP contribution >= 0.6 is 11.3 Å². The lowest BCUT2D eigenvalue weighted by molar-refractivity contribution is 0.0527. The van der Waals surface area contributed by atoms with Crippen molar-refractivity contribution in [1.82, 2.24) is 0 Å². The monoisotopic (exact) mass is 377 g/mol. The summed E-state index contributed by atoms with van der Waals surface area (Å²) in [5.41, 5.74) is 1.58. The molecule has 0 aliphatic heterocycles. The summed E-state index contributed by atoms with van der Waals surface area (Å²) in [7, 11) is 2.97. The average molecular weight is 377 g/mol. The molecule has 0 aliphatic rings. The summed E-state index contributed by atoms with van der Waals surface area (Å²) in [6.07, 6.45) is 0.671. The number of hydrogen-bond donors (Lipinski definition) is 1. The Labute approximate surface area is 157 Å². The molecule has 0 saturated carbocycles. The normalized spacial score (nSPS) is 10.3. The van der Waals surface area contributed by atoms with Crippen LogP contribution in [0.5, 0.6) is 11.5 Å². The molecule has 2 rings (SSSR count). The molecular weight excluding hydrogens is 354 g/mol.